The minimum absolute atomic E-state index is 0.00858. The van der Waals surface area contributed by atoms with Crippen molar-refractivity contribution in [1.29, 1.82) is 0 Å². The van der Waals surface area contributed by atoms with E-state index in [1.807, 2.05) is 5.38 Å². The number of ketones is 1. The molecule has 0 bridgehead atoms. The van der Waals surface area contributed by atoms with Crippen molar-refractivity contribution in [1.82, 2.24) is 9.88 Å². The molecule has 1 aromatic heterocycles. The molecule has 1 aliphatic heterocycles. The van der Waals surface area contributed by atoms with E-state index in [1.54, 1.807) is 0 Å². The lowest BCUT2D eigenvalue weighted by Crippen LogP contribution is -2.40. The van der Waals surface area contributed by atoms with Crippen molar-refractivity contribution >= 4 is 17.1 Å². The number of carbonyl (C=O) groups excluding carboxylic acids is 1. The molecule has 0 spiro atoms. The molecule has 15 heavy (non-hydrogen) atoms. The van der Waals surface area contributed by atoms with E-state index >= 15 is 0 Å². The highest BCUT2D eigenvalue weighted by Crippen LogP contribution is 2.16. The standard InChI is InChI=1S/C10H14N2O2S/c1-7-4-9(13)2-3-12(7)5-8-6-15-10(14)11-8/h6-7H,2-5H2,1H3,(H,11,14). The maximum absolute atomic E-state index is 11.2. The van der Waals surface area contributed by atoms with E-state index in [9.17, 15) is 9.59 Å². The predicted molar refractivity (Wildman–Crippen MR) is 59.1 cm³/mol. The van der Waals surface area contributed by atoms with Crippen LogP contribution in [0.1, 0.15) is 25.5 Å². The fourth-order valence-electron chi connectivity index (χ4n) is 1.89. The lowest BCUT2D eigenvalue weighted by atomic mass is 10.0. The largest absolute Gasteiger partial charge is 0.315 e. The molecular formula is C10H14N2O2S. The molecule has 0 radical (unpaired) electrons. The molecule has 1 saturated heterocycles. The SMILES string of the molecule is CC1CC(=O)CCN1Cc1csc(=O)[nH]1. The molecule has 1 atom stereocenters. The van der Waals surface area contributed by atoms with Crippen LogP contribution in [-0.4, -0.2) is 28.3 Å². The summed E-state index contributed by atoms with van der Waals surface area (Å²) in [5.41, 5.74) is 0.950. The van der Waals surface area contributed by atoms with Gasteiger partial charge in [-0.05, 0) is 6.92 Å². The van der Waals surface area contributed by atoms with Crippen molar-refractivity contribution in [2.45, 2.75) is 32.4 Å². The number of nitrogens with one attached hydrogen (secondary N) is 1. The predicted octanol–water partition coefficient (Wildman–Crippen LogP) is 0.990. The van der Waals surface area contributed by atoms with E-state index in [1.165, 1.54) is 11.3 Å². The number of hydrogen-bond acceptors (Lipinski definition) is 4. The first-order valence-electron chi connectivity index (χ1n) is 5.07. The minimum atomic E-state index is -0.00858. The van der Waals surface area contributed by atoms with Gasteiger partial charge < -0.3 is 4.98 Å². The number of Topliss-reactive ketones (excluding diaryl/α,β-unsaturated/α-hetero) is 1. The lowest BCUT2D eigenvalue weighted by Gasteiger charge is -2.31. The van der Waals surface area contributed by atoms with Crippen LogP contribution >= 0.6 is 11.3 Å². The van der Waals surface area contributed by atoms with Gasteiger partial charge in [-0.3, -0.25) is 14.5 Å². The van der Waals surface area contributed by atoms with Crippen molar-refractivity contribution < 1.29 is 4.79 Å². The number of rotatable bonds is 2. The topological polar surface area (TPSA) is 53.2 Å². The van der Waals surface area contributed by atoms with Gasteiger partial charge in [0.25, 0.3) is 0 Å². The number of aromatic amines is 1. The van der Waals surface area contributed by atoms with Crippen LogP contribution in [0.4, 0.5) is 0 Å². The second-order valence-corrected chi connectivity index (χ2v) is 4.83. The zero-order valence-corrected chi connectivity index (χ0v) is 9.47. The number of piperidine rings is 1. The van der Waals surface area contributed by atoms with Crippen LogP contribution in [0.3, 0.4) is 0 Å². The zero-order valence-electron chi connectivity index (χ0n) is 8.66. The van der Waals surface area contributed by atoms with E-state index in [2.05, 4.69) is 16.8 Å². The lowest BCUT2D eigenvalue weighted by molar-refractivity contribution is -0.123. The fourth-order valence-corrected chi connectivity index (χ4v) is 2.47. The van der Waals surface area contributed by atoms with Crippen molar-refractivity contribution in [3.05, 3.63) is 20.7 Å². The molecule has 2 rings (SSSR count). The first kappa shape index (κ1) is 10.6. The Balaban J connectivity index is 2.00. The van der Waals surface area contributed by atoms with Gasteiger partial charge in [0, 0.05) is 43.0 Å². The van der Waals surface area contributed by atoms with Crippen molar-refractivity contribution in [3.8, 4) is 0 Å². The average molecular weight is 226 g/mol. The Labute approximate surface area is 91.9 Å². The highest BCUT2D eigenvalue weighted by molar-refractivity contribution is 7.07. The first-order chi connectivity index (χ1) is 7.15. The Morgan fingerprint density at radius 3 is 3.00 bits per heavy atom. The van der Waals surface area contributed by atoms with Gasteiger partial charge in [-0.2, -0.15) is 0 Å². The number of thiazole rings is 1. The summed E-state index contributed by atoms with van der Waals surface area (Å²) in [5.74, 6) is 0.345. The van der Waals surface area contributed by atoms with Crippen molar-refractivity contribution in [3.63, 3.8) is 0 Å². The number of H-pyrrole nitrogens is 1. The monoisotopic (exact) mass is 226 g/mol. The molecule has 5 heteroatoms. The molecule has 1 aromatic rings. The van der Waals surface area contributed by atoms with E-state index in [4.69, 9.17) is 0 Å². The molecule has 1 N–H and O–H groups in total. The summed E-state index contributed by atoms with van der Waals surface area (Å²) in [5, 5.41) is 1.85. The van der Waals surface area contributed by atoms with E-state index in [0.29, 0.717) is 18.6 Å². The maximum Gasteiger partial charge on any atom is 0.304 e. The molecular weight excluding hydrogens is 212 g/mol. The van der Waals surface area contributed by atoms with Crippen molar-refractivity contribution in [2.75, 3.05) is 6.54 Å². The van der Waals surface area contributed by atoms with Gasteiger partial charge in [0.05, 0.1) is 0 Å². The summed E-state index contributed by atoms with van der Waals surface area (Å²) in [6.07, 6.45) is 1.27. The van der Waals surface area contributed by atoms with Gasteiger partial charge >= 0.3 is 4.87 Å². The summed E-state index contributed by atoms with van der Waals surface area (Å²) in [6, 6.07) is 0.287. The zero-order chi connectivity index (χ0) is 10.8. The quantitative estimate of drug-likeness (QED) is 0.818. The van der Waals surface area contributed by atoms with Crippen LogP contribution < -0.4 is 4.87 Å². The van der Waals surface area contributed by atoms with Gasteiger partial charge in [0.1, 0.15) is 5.78 Å². The van der Waals surface area contributed by atoms with Crippen LogP contribution in [0.15, 0.2) is 10.2 Å². The third-order valence-corrected chi connectivity index (χ3v) is 3.49. The van der Waals surface area contributed by atoms with E-state index in [0.717, 1.165) is 18.8 Å². The van der Waals surface area contributed by atoms with Gasteiger partial charge in [-0.1, -0.05) is 11.3 Å². The molecule has 1 fully saturated rings. The number of carbonyl (C=O) groups is 1. The molecule has 0 aromatic carbocycles. The van der Waals surface area contributed by atoms with Crippen molar-refractivity contribution in [2.24, 2.45) is 0 Å². The molecule has 1 unspecified atom stereocenters. The van der Waals surface area contributed by atoms with Gasteiger partial charge in [-0.15, -0.1) is 0 Å². The Morgan fingerprint density at radius 2 is 2.40 bits per heavy atom. The molecule has 0 amide bonds. The van der Waals surface area contributed by atoms with Crippen LogP contribution in [0.5, 0.6) is 0 Å². The first-order valence-corrected chi connectivity index (χ1v) is 5.95. The Morgan fingerprint density at radius 1 is 1.60 bits per heavy atom. The van der Waals surface area contributed by atoms with Crippen LogP contribution in [0.25, 0.3) is 0 Å². The molecule has 0 aliphatic carbocycles. The van der Waals surface area contributed by atoms with Crippen LogP contribution in [-0.2, 0) is 11.3 Å². The van der Waals surface area contributed by atoms with Gasteiger partial charge in [-0.25, -0.2) is 0 Å². The summed E-state index contributed by atoms with van der Waals surface area (Å²) in [7, 11) is 0. The number of likely N-dealkylation sites (tertiary alicyclic amines) is 1. The van der Waals surface area contributed by atoms with Crippen LogP contribution in [0.2, 0.25) is 0 Å². The van der Waals surface area contributed by atoms with E-state index in [-0.39, 0.29) is 10.9 Å². The molecule has 4 nitrogen and oxygen atoms in total. The third kappa shape index (κ3) is 2.54. The van der Waals surface area contributed by atoms with Gasteiger partial charge in [0.2, 0.25) is 0 Å². The van der Waals surface area contributed by atoms with E-state index < -0.39 is 0 Å². The smallest absolute Gasteiger partial charge is 0.304 e. The molecule has 2 heterocycles. The Kier molecular flexibility index (Phi) is 3.02. The summed E-state index contributed by atoms with van der Waals surface area (Å²) < 4.78 is 0. The molecule has 1 aliphatic rings. The van der Waals surface area contributed by atoms with Gasteiger partial charge in [0.15, 0.2) is 0 Å². The highest BCUT2D eigenvalue weighted by Gasteiger charge is 2.23. The third-order valence-electron chi connectivity index (χ3n) is 2.77. The second-order valence-electron chi connectivity index (χ2n) is 3.99. The number of hydrogen-bond donors (Lipinski definition) is 1. The second kappa shape index (κ2) is 4.28. The fraction of sp³-hybridized carbons (Fsp3) is 0.600. The molecule has 0 saturated carbocycles. The normalized spacial score (nSPS) is 23.3. The Hall–Kier alpha value is -0.940. The summed E-state index contributed by atoms with van der Waals surface area (Å²) in [6.45, 7) is 3.60. The maximum atomic E-state index is 11.2. The number of nitrogens with zero attached hydrogens (tertiary/aromatic N) is 1. The summed E-state index contributed by atoms with van der Waals surface area (Å²) in [4.78, 5) is 27.2. The Bertz CT molecular complexity index is 410. The van der Waals surface area contributed by atoms with Crippen LogP contribution in [0, 0.1) is 0 Å². The number of aromatic nitrogens is 1. The average Bonchev–Trinajstić information content (AvgIpc) is 2.56. The highest BCUT2D eigenvalue weighted by atomic mass is 32.1. The molecule has 82 valence electrons. The summed E-state index contributed by atoms with van der Waals surface area (Å²) >= 11 is 1.19. The minimum Gasteiger partial charge on any atom is -0.315 e.